The molecular formula is C17H26FIN4O2. The van der Waals surface area contributed by atoms with Crippen molar-refractivity contribution in [2.75, 3.05) is 33.3 Å². The minimum absolute atomic E-state index is 0. The summed E-state index contributed by atoms with van der Waals surface area (Å²) < 4.78 is 18.6. The number of nitrogens with zero attached hydrogens (tertiary/aromatic N) is 1. The van der Waals surface area contributed by atoms with E-state index < -0.39 is 0 Å². The third kappa shape index (κ3) is 8.48. The molecule has 1 heterocycles. The summed E-state index contributed by atoms with van der Waals surface area (Å²) in [7, 11) is 1.70. The zero-order chi connectivity index (χ0) is 17.2. The summed E-state index contributed by atoms with van der Waals surface area (Å²) in [5.74, 6) is 0.220. The molecule has 1 unspecified atom stereocenters. The fourth-order valence-corrected chi connectivity index (χ4v) is 2.51. The van der Waals surface area contributed by atoms with Crippen LogP contribution in [0.5, 0.6) is 0 Å². The van der Waals surface area contributed by atoms with E-state index in [1.54, 1.807) is 19.2 Å². The van der Waals surface area contributed by atoms with Crippen molar-refractivity contribution in [2.45, 2.75) is 25.4 Å². The highest BCUT2D eigenvalue weighted by atomic mass is 127. The molecule has 0 bridgehead atoms. The van der Waals surface area contributed by atoms with Crippen molar-refractivity contribution >= 4 is 35.8 Å². The largest absolute Gasteiger partial charge is 0.376 e. The number of carbonyl (C=O) groups is 1. The van der Waals surface area contributed by atoms with E-state index in [9.17, 15) is 9.18 Å². The van der Waals surface area contributed by atoms with Gasteiger partial charge in [-0.15, -0.1) is 24.0 Å². The van der Waals surface area contributed by atoms with Crippen LogP contribution in [0.15, 0.2) is 29.3 Å². The summed E-state index contributed by atoms with van der Waals surface area (Å²) >= 11 is 0. The summed E-state index contributed by atoms with van der Waals surface area (Å²) in [6.07, 6.45) is 2.59. The van der Waals surface area contributed by atoms with E-state index in [2.05, 4.69) is 20.9 Å². The Morgan fingerprint density at radius 2 is 2.12 bits per heavy atom. The van der Waals surface area contributed by atoms with Crippen LogP contribution in [0, 0.1) is 5.82 Å². The molecule has 1 amide bonds. The number of amides is 1. The molecule has 1 aromatic carbocycles. The van der Waals surface area contributed by atoms with Crippen LogP contribution in [-0.4, -0.2) is 51.3 Å². The van der Waals surface area contributed by atoms with Crippen molar-refractivity contribution in [3.05, 3.63) is 35.6 Å². The lowest BCUT2D eigenvalue weighted by molar-refractivity contribution is -0.120. The number of ether oxygens (including phenoxy) is 1. The standard InChI is InChI=1S/C17H25FN4O2.HI/c1-19-17(22-12-15-6-3-9-24-15)21-8-7-20-16(23)11-13-4-2-5-14(18)10-13;/h2,4-5,10,15H,3,6-9,11-12H2,1H3,(H,20,23)(H2,19,21,22);1H. The van der Waals surface area contributed by atoms with Gasteiger partial charge in [0, 0.05) is 33.3 Å². The van der Waals surface area contributed by atoms with Crippen molar-refractivity contribution in [1.82, 2.24) is 16.0 Å². The fourth-order valence-electron chi connectivity index (χ4n) is 2.51. The van der Waals surface area contributed by atoms with Crippen LogP contribution in [0.4, 0.5) is 4.39 Å². The molecule has 25 heavy (non-hydrogen) atoms. The lowest BCUT2D eigenvalue weighted by Crippen LogP contribution is -2.44. The highest BCUT2D eigenvalue weighted by Gasteiger charge is 2.15. The van der Waals surface area contributed by atoms with Gasteiger partial charge in [0.1, 0.15) is 5.82 Å². The van der Waals surface area contributed by atoms with Gasteiger partial charge in [0.25, 0.3) is 0 Å². The zero-order valence-corrected chi connectivity index (χ0v) is 16.7. The predicted molar refractivity (Wildman–Crippen MR) is 107 cm³/mol. The number of carbonyl (C=O) groups excluding carboxylic acids is 1. The van der Waals surface area contributed by atoms with Crippen LogP contribution in [0.1, 0.15) is 18.4 Å². The Labute approximate surface area is 165 Å². The van der Waals surface area contributed by atoms with Gasteiger partial charge in [0.15, 0.2) is 5.96 Å². The number of hydrogen-bond acceptors (Lipinski definition) is 3. The molecule has 1 atom stereocenters. The molecule has 8 heteroatoms. The van der Waals surface area contributed by atoms with Crippen molar-refractivity contribution in [1.29, 1.82) is 0 Å². The Balaban J connectivity index is 0.00000312. The van der Waals surface area contributed by atoms with Crippen LogP contribution in [0.3, 0.4) is 0 Å². The van der Waals surface area contributed by atoms with E-state index in [0.29, 0.717) is 24.6 Å². The van der Waals surface area contributed by atoms with Crippen LogP contribution in [-0.2, 0) is 16.0 Å². The summed E-state index contributed by atoms with van der Waals surface area (Å²) in [5, 5.41) is 9.13. The maximum atomic E-state index is 13.1. The third-order valence-electron chi connectivity index (χ3n) is 3.74. The smallest absolute Gasteiger partial charge is 0.224 e. The molecule has 1 aliphatic heterocycles. The van der Waals surface area contributed by atoms with Crippen LogP contribution in [0.2, 0.25) is 0 Å². The van der Waals surface area contributed by atoms with Crippen LogP contribution >= 0.6 is 24.0 Å². The molecule has 0 aromatic heterocycles. The second kappa shape index (κ2) is 12.0. The van der Waals surface area contributed by atoms with E-state index in [1.165, 1.54) is 12.1 Å². The first kappa shape index (κ1) is 21.6. The lowest BCUT2D eigenvalue weighted by Gasteiger charge is -2.15. The maximum Gasteiger partial charge on any atom is 0.224 e. The van der Waals surface area contributed by atoms with Crippen molar-refractivity contribution in [3.63, 3.8) is 0 Å². The minimum Gasteiger partial charge on any atom is -0.376 e. The molecular weight excluding hydrogens is 438 g/mol. The highest BCUT2D eigenvalue weighted by Crippen LogP contribution is 2.10. The Bertz CT molecular complexity index is 565. The van der Waals surface area contributed by atoms with Gasteiger partial charge in [-0.1, -0.05) is 12.1 Å². The second-order valence-corrected chi connectivity index (χ2v) is 5.67. The van der Waals surface area contributed by atoms with E-state index in [0.717, 1.165) is 26.0 Å². The molecule has 3 N–H and O–H groups in total. The van der Waals surface area contributed by atoms with Crippen molar-refractivity contribution in [3.8, 4) is 0 Å². The Hall–Kier alpha value is -1.42. The second-order valence-electron chi connectivity index (χ2n) is 5.67. The highest BCUT2D eigenvalue weighted by molar-refractivity contribution is 14.0. The van der Waals surface area contributed by atoms with Gasteiger partial charge in [-0.3, -0.25) is 9.79 Å². The molecule has 6 nitrogen and oxygen atoms in total. The normalized spacial score (nSPS) is 16.9. The van der Waals surface area contributed by atoms with Gasteiger partial charge in [-0.2, -0.15) is 0 Å². The summed E-state index contributed by atoms with van der Waals surface area (Å²) in [4.78, 5) is 15.9. The van der Waals surface area contributed by atoms with Crippen molar-refractivity contribution in [2.24, 2.45) is 4.99 Å². The average molecular weight is 464 g/mol. The number of halogens is 2. The van der Waals surface area contributed by atoms with Crippen LogP contribution < -0.4 is 16.0 Å². The number of aliphatic imine (C=N–C) groups is 1. The minimum atomic E-state index is -0.330. The zero-order valence-electron chi connectivity index (χ0n) is 14.4. The molecule has 0 radical (unpaired) electrons. The monoisotopic (exact) mass is 464 g/mol. The quantitative estimate of drug-likeness (QED) is 0.247. The Morgan fingerprint density at radius 1 is 1.32 bits per heavy atom. The number of guanidine groups is 1. The third-order valence-corrected chi connectivity index (χ3v) is 3.74. The molecule has 140 valence electrons. The van der Waals surface area contributed by atoms with E-state index >= 15 is 0 Å². The fraction of sp³-hybridized carbons (Fsp3) is 0.529. The van der Waals surface area contributed by atoms with E-state index in [4.69, 9.17) is 4.74 Å². The average Bonchev–Trinajstić information content (AvgIpc) is 3.07. The predicted octanol–water partition coefficient (Wildman–Crippen LogP) is 1.45. The number of benzene rings is 1. The molecule has 1 fully saturated rings. The molecule has 0 saturated carbocycles. The van der Waals surface area contributed by atoms with E-state index in [1.807, 2.05) is 0 Å². The topological polar surface area (TPSA) is 74.8 Å². The SMILES string of the molecule is CN=C(NCCNC(=O)Cc1cccc(F)c1)NCC1CCCO1.I. The van der Waals surface area contributed by atoms with Crippen LogP contribution in [0.25, 0.3) is 0 Å². The Morgan fingerprint density at radius 3 is 2.80 bits per heavy atom. The van der Waals surface area contributed by atoms with Gasteiger partial charge in [0.05, 0.1) is 12.5 Å². The van der Waals surface area contributed by atoms with Gasteiger partial charge < -0.3 is 20.7 Å². The lowest BCUT2D eigenvalue weighted by atomic mass is 10.1. The van der Waals surface area contributed by atoms with E-state index in [-0.39, 0.29) is 48.2 Å². The maximum absolute atomic E-state index is 13.1. The molecule has 0 spiro atoms. The Kier molecular flexibility index (Phi) is 10.4. The first-order valence-corrected chi connectivity index (χ1v) is 8.24. The molecule has 2 rings (SSSR count). The van der Waals surface area contributed by atoms with Gasteiger partial charge in [0.2, 0.25) is 5.91 Å². The summed E-state index contributed by atoms with van der Waals surface area (Å²) in [5.41, 5.74) is 0.662. The molecule has 1 saturated heterocycles. The van der Waals surface area contributed by atoms with Crippen molar-refractivity contribution < 1.29 is 13.9 Å². The van der Waals surface area contributed by atoms with Gasteiger partial charge in [-0.05, 0) is 30.5 Å². The molecule has 1 aliphatic rings. The van der Waals surface area contributed by atoms with Gasteiger partial charge in [-0.25, -0.2) is 4.39 Å². The first-order chi connectivity index (χ1) is 11.7. The molecule has 0 aliphatic carbocycles. The first-order valence-electron chi connectivity index (χ1n) is 8.24. The number of nitrogens with one attached hydrogen (secondary N) is 3. The summed E-state index contributed by atoms with van der Waals surface area (Å²) in [6.45, 7) is 2.58. The number of hydrogen-bond donors (Lipinski definition) is 3. The summed E-state index contributed by atoms with van der Waals surface area (Å²) in [6, 6.07) is 6.07. The van der Waals surface area contributed by atoms with Gasteiger partial charge >= 0.3 is 0 Å². The molecule has 1 aromatic rings. The number of rotatable bonds is 7.